The van der Waals surface area contributed by atoms with Crippen LogP contribution in [0.1, 0.15) is 24.8 Å². The molecule has 0 bridgehead atoms. The lowest BCUT2D eigenvalue weighted by atomic mass is 9.78. The van der Waals surface area contributed by atoms with Crippen LogP contribution in [0.15, 0.2) is 54.6 Å². The normalized spacial score (nSPS) is 29.5. The van der Waals surface area contributed by atoms with E-state index in [1.807, 2.05) is 54.6 Å². The van der Waals surface area contributed by atoms with E-state index < -0.39 is 11.5 Å². The predicted octanol–water partition coefficient (Wildman–Crippen LogP) is 2.96. The first kappa shape index (κ1) is 15.6. The molecule has 3 aliphatic heterocycles. The largest absolute Gasteiger partial charge is 0.326 e. The molecule has 2 fully saturated rings. The zero-order chi connectivity index (χ0) is 17.7. The third-order valence-electron chi connectivity index (χ3n) is 6.13. The van der Waals surface area contributed by atoms with Crippen LogP contribution in [-0.2, 0) is 15.1 Å². The molecule has 1 spiro atoms. The number of anilines is 2. The lowest BCUT2D eigenvalue weighted by Crippen LogP contribution is -2.53. The molecule has 5 nitrogen and oxygen atoms in total. The van der Waals surface area contributed by atoms with E-state index in [0.29, 0.717) is 6.04 Å². The fourth-order valence-electron chi connectivity index (χ4n) is 5.13. The van der Waals surface area contributed by atoms with E-state index in [2.05, 4.69) is 15.5 Å². The molecule has 3 heterocycles. The van der Waals surface area contributed by atoms with E-state index in [1.165, 1.54) is 0 Å². The maximum absolute atomic E-state index is 13.2. The van der Waals surface area contributed by atoms with E-state index in [-0.39, 0.29) is 11.8 Å². The summed E-state index contributed by atoms with van der Waals surface area (Å²) < 4.78 is 0. The van der Waals surface area contributed by atoms with Crippen molar-refractivity contribution in [3.8, 4) is 0 Å². The first-order chi connectivity index (χ1) is 12.7. The van der Waals surface area contributed by atoms with Crippen LogP contribution in [-0.4, -0.2) is 29.3 Å². The molecule has 2 N–H and O–H groups in total. The highest BCUT2D eigenvalue weighted by Crippen LogP contribution is 2.55. The first-order valence-electron chi connectivity index (χ1n) is 9.25. The van der Waals surface area contributed by atoms with Gasteiger partial charge in [-0.3, -0.25) is 14.5 Å². The van der Waals surface area contributed by atoms with Crippen molar-refractivity contribution in [2.45, 2.75) is 30.8 Å². The smallest absolute Gasteiger partial charge is 0.250 e. The topological polar surface area (TPSA) is 61.4 Å². The lowest BCUT2D eigenvalue weighted by Gasteiger charge is -2.36. The molecular formula is C21H21N3O2. The van der Waals surface area contributed by atoms with Gasteiger partial charge in [-0.2, -0.15) is 0 Å². The molecular weight excluding hydrogens is 326 g/mol. The number of hydrogen-bond donors (Lipinski definition) is 2. The van der Waals surface area contributed by atoms with Gasteiger partial charge >= 0.3 is 0 Å². The van der Waals surface area contributed by atoms with Crippen LogP contribution in [0, 0.1) is 5.92 Å². The highest BCUT2D eigenvalue weighted by Gasteiger charge is 2.65. The van der Waals surface area contributed by atoms with E-state index in [4.69, 9.17) is 0 Å². The summed E-state index contributed by atoms with van der Waals surface area (Å²) in [5.74, 6) is -0.523. The maximum Gasteiger partial charge on any atom is 0.250 e. The van der Waals surface area contributed by atoms with Crippen molar-refractivity contribution in [3.05, 3.63) is 60.2 Å². The fraction of sp³-hybridized carbons (Fsp3) is 0.333. The highest BCUT2D eigenvalue weighted by molar-refractivity contribution is 6.10. The van der Waals surface area contributed by atoms with Crippen LogP contribution in [0.25, 0.3) is 0 Å². The number of nitrogens with zero attached hydrogens (tertiary/aromatic N) is 1. The SMILES string of the molecule is O=C(Nc1ccccc1)[C@H]1C[C@H]2CCCN2[C@@]12C(=O)Nc1ccccc12. The molecule has 5 rings (SSSR count). The number of para-hydroxylation sites is 2. The molecule has 0 unspecified atom stereocenters. The molecule has 0 saturated carbocycles. The van der Waals surface area contributed by atoms with Crippen molar-refractivity contribution < 1.29 is 9.59 Å². The van der Waals surface area contributed by atoms with Crippen molar-refractivity contribution in [2.24, 2.45) is 5.92 Å². The molecule has 2 aromatic carbocycles. The summed E-state index contributed by atoms with van der Waals surface area (Å²) >= 11 is 0. The van der Waals surface area contributed by atoms with Crippen LogP contribution in [0.2, 0.25) is 0 Å². The summed E-state index contributed by atoms with van der Waals surface area (Å²) in [5.41, 5.74) is 1.67. The van der Waals surface area contributed by atoms with Crippen LogP contribution in [0.5, 0.6) is 0 Å². The summed E-state index contributed by atoms with van der Waals surface area (Å²) in [5, 5.41) is 6.06. The number of hydrogen-bond acceptors (Lipinski definition) is 3. The Balaban J connectivity index is 1.59. The van der Waals surface area contributed by atoms with Crippen LogP contribution in [0.3, 0.4) is 0 Å². The molecule has 2 amide bonds. The van der Waals surface area contributed by atoms with Gasteiger partial charge in [-0.25, -0.2) is 0 Å². The Labute approximate surface area is 152 Å². The summed E-state index contributed by atoms with van der Waals surface area (Å²) in [6.45, 7) is 0.863. The number of rotatable bonds is 2. The summed E-state index contributed by atoms with van der Waals surface area (Å²) in [4.78, 5) is 28.8. The van der Waals surface area contributed by atoms with Crippen LogP contribution in [0.4, 0.5) is 11.4 Å². The Morgan fingerprint density at radius 3 is 2.73 bits per heavy atom. The second kappa shape index (κ2) is 5.68. The number of benzene rings is 2. The van der Waals surface area contributed by atoms with Gasteiger partial charge < -0.3 is 10.6 Å². The monoisotopic (exact) mass is 347 g/mol. The van der Waals surface area contributed by atoms with Gasteiger partial charge in [0.15, 0.2) is 0 Å². The average molecular weight is 347 g/mol. The molecule has 0 aliphatic carbocycles. The van der Waals surface area contributed by atoms with Gasteiger partial charge in [0.2, 0.25) is 11.8 Å². The molecule has 3 atom stereocenters. The van der Waals surface area contributed by atoms with E-state index in [9.17, 15) is 9.59 Å². The Hall–Kier alpha value is -2.66. The second-order valence-corrected chi connectivity index (χ2v) is 7.40. The van der Waals surface area contributed by atoms with Gasteiger partial charge in [0, 0.05) is 23.0 Å². The standard InChI is InChI=1S/C21H21N3O2/c25-19(22-14-7-2-1-3-8-14)17-13-15-9-6-12-24(15)21(17)16-10-4-5-11-18(16)23-20(21)26/h1-5,7-8,10-11,15,17H,6,9,12-13H2,(H,22,25)(H,23,26)/t15-,17-,21-/m1/s1. The van der Waals surface area contributed by atoms with Crippen molar-refractivity contribution in [2.75, 3.05) is 17.2 Å². The maximum atomic E-state index is 13.2. The number of amides is 2. The van der Waals surface area contributed by atoms with Crippen molar-refractivity contribution in [1.29, 1.82) is 0 Å². The van der Waals surface area contributed by atoms with Gasteiger partial charge in [-0.15, -0.1) is 0 Å². The molecule has 0 aromatic heterocycles. The number of carbonyl (C=O) groups excluding carboxylic acids is 2. The molecule has 0 radical (unpaired) electrons. The van der Waals surface area contributed by atoms with Gasteiger partial charge in [-0.1, -0.05) is 36.4 Å². The third-order valence-corrected chi connectivity index (χ3v) is 6.13. The van der Waals surface area contributed by atoms with Gasteiger partial charge in [0.05, 0.1) is 5.92 Å². The summed E-state index contributed by atoms with van der Waals surface area (Å²) in [6.07, 6.45) is 2.85. The molecule has 132 valence electrons. The molecule has 3 aliphatic rings. The van der Waals surface area contributed by atoms with Crippen molar-refractivity contribution >= 4 is 23.2 Å². The van der Waals surface area contributed by atoms with Gasteiger partial charge in [0.25, 0.3) is 0 Å². The van der Waals surface area contributed by atoms with E-state index in [0.717, 1.165) is 42.7 Å². The average Bonchev–Trinajstić information content (AvgIpc) is 3.31. The van der Waals surface area contributed by atoms with Gasteiger partial charge in [-0.05, 0) is 44.0 Å². The quantitative estimate of drug-likeness (QED) is 0.878. The molecule has 5 heteroatoms. The Morgan fingerprint density at radius 1 is 1.12 bits per heavy atom. The second-order valence-electron chi connectivity index (χ2n) is 7.40. The highest BCUT2D eigenvalue weighted by atomic mass is 16.2. The minimum absolute atomic E-state index is 0.0590. The minimum Gasteiger partial charge on any atom is -0.326 e. The number of nitrogens with one attached hydrogen (secondary N) is 2. The van der Waals surface area contributed by atoms with Crippen molar-refractivity contribution in [1.82, 2.24) is 4.90 Å². The first-order valence-corrected chi connectivity index (χ1v) is 9.25. The predicted molar refractivity (Wildman–Crippen MR) is 99.7 cm³/mol. The van der Waals surface area contributed by atoms with E-state index in [1.54, 1.807) is 0 Å². The lowest BCUT2D eigenvalue weighted by molar-refractivity contribution is -0.135. The van der Waals surface area contributed by atoms with Crippen LogP contribution < -0.4 is 10.6 Å². The van der Waals surface area contributed by atoms with Crippen LogP contribution >= 0.6 is 0 Å². The Morgan fingerprint density at radius 2 is 1.88 bits per heavy atom. The zero-order valence-electron chi connectivity index (χ0n) is 14.4. The molecule has 26 heavy (non-hydrogen) atoms. The zero-order valence-corrected chi connectivity index (χ0v) is 14.4. The van der Waals surface area contributed by atoms with E-state index >= 15 is 0 Å². The van der Waals surface area contributed by atoms with Gasteiger partial charge in [0.1, 0.15) is 5.54 Å². The Kier molecular flexibility index (Phi) is 3.40. The summed E-state index contributed by atoms with van der Waals surface area (Å²) in [6, 6.07) is 17.6. The molecule has 2 saturated heterocycles. The van der Waals surface area contributed by atoms with Crippen molar-refractivity contribution in [3.63, 3.8) is 0 Å². The molecule has 2 aromatic rings. The fourth-order valence-corrected chi connectivity index (χ4v) is 5.13. The minimum atomic E-state index is -0.878. The number of carbonyl (C=O) groups is 2. The Bertz CT molecular complexity index is 882. The summed E-state index contributed by atoms with van der Waals surface area (Å²) in [7, 11) is 0. The number of fused-ring (bicyclic) bond motifs is 4. The third kappa shape index (κ3) is 2.01.